The third-order valence-electron chi connectivity index (χ3n) is 1.56. The van der Waals surface area contributed by atoms with Crippen molar-refractivity contribution in [1.82, 2.24) is 9.88 Å². The summed E-state index contributed by atoms with van der Waals surface area (Å²) in [5.41, 5.74) is 1.13. The van der Waals surface area contributed by atoms with Crippen LogP contribution in [0.2, 0.25) is 0 Å². The molecule has 1 heterocycles. The van der Waals surface area contributed by atoms with Gasteiger partial charge >= 0.3 is 0 Å². The van der Waals surface area contributed by atoms with Crippen LogP contribution in [-0.2, 0) is 0 Å². The highest BCUT2D eigenvalue weighted by molar-refractivity contribution is 5.93. The van der Waals surface area contributed by atoms with Gasteiger partial charge in [-0.15, -0.1) is 6.42 Å². The van der Waals surface area contributed by atoms with E-state index in [1.54, 1.807) is 26.4 Å². The van der Waals surface area contributed by atoms with Crippen molar-refractivity contribution in [2.45, 2.75) is 0 Å². The van der Waals surface area contributed by atoms with Gasteiger partial charge in [0.15, 0.2) is 0 Å². The SMILES string of the molecule is C#Cc1cncc(C(=O)N(C)C)c1. The Bertz CT molecular complexity index is 363. The van der Waals surface area contributed by atoms with E-state index in [2.05, 4.69) is 10.9 Å². The molecule has 0 aliphatic heterocycles. The average Bonchev–Trinajstić information content (AvgIpc) is 2.16. The lowest BCUT2D eigenvalue weighted by Gasteiger charge is -2.09. The van der Waals surface area contributed by atoms with Gasteiger partial charge in [0.1, 0.15) is 0 Å². The number of amides is 1. The molecular weight excluding hydrogens is 164 g/mol. The first kappa shape index (κ1) is 9.27. The molecule has 0 spiro atoms. The van der Waals surface area contributed by atoms with E-state index in [1.165, 1.54) is 11.1 Å². The molecule has 3 nitrogen and oxygen atoms in total. The van der Waals surface area contributed by atoms with Gasteiger partial charge in [0.05, 0.1) is 5.56 Å². The number of nitrogens with zero attached hydrogens (tertiary/aromatic N) is 2. The lowest BCUT2D eigenvalue weighted by Crippen LogP contribution is -2.21. The Kier molecular flexibility index (Phi) is 2.65. The maximum atomic E-state index is 11.4. The Morgan fingerprint density at radius 3 is 2.77 bits per heavy atom. The molecule has 0 unspecified atom stereocenters. The Labute approximate surface area is 77.4 Å². The van der Waals surface area contributed by atoms with Crippen LogP contribution in [0.1, 0.15) is 15.9 Å². The van der Waals surface area contributed by atoms with Gasteiger partial charge in [-0.1, -0.05) is 5.92 Å². The maximum Gasteiger partial charge on any atom is 0.254 e. The first-order valence-corrected chi connectivity index (χ1v) is 3.78. The fraction of sp³-hybridized carbons (Fsp3) is 0.200. The molecule has 13 heavy (non-hydrogen) atoms. The summed E-state index contributed by atoms with van der Waals surface area (Å²) in [4.78, 5) is 16.8. The number of pyridine rings is 1. The fourth-order valence-electron chi connectivity index (χ4n) is 0.894. The van der Waals surface area contributed by atoms with E-state index in [9.17, 15) is 4.79 Å². The van der Waals surface area contributed by atoms with Crippen molar-refractivity contribution in [2.75, 3.05) is 14.1 Å². The largest absolute Gasteiger partial charge is 0.345 e. The first-order valence-electron chi connectivity index (χ1n) is 3.78. The monoisotopic (exact) mass is 174 g/mol. The molecule has 1 aromatic rings. The second-order valence-electron chi connectivity index (χ2n) is 2.81. The summed E-state index contributed by atoms with van der Waals surface area (Å²) in [5, 5.41) is 0. The second kappa shape index (κ2) is 3.72. The zero-order valence-electron chi connectivity index (χ0n) is 7.61. The van der Waals surface area contributed by atoms with E-state index in [0.29, 0.717) is 11.1 Å². The van der Waals surface area contributed by atoms with Gasteiger partial charge < -0.3 is 4.90 Å². The molecule has 0 radical (unpaired) electrons. The molecule has 0 saturated carbocycles. The lowest BCUT2D eigenvalue weighted by molar-refractivity contribution is 0.0827. The molecule has 0 aromatic carbocycles. The standard InChI is InChI=1S/C10H10N2O/c1-4-8-5-9(7-11-6-8)10(13)12(2)3/h1,5-7H,2-3H3. The molecule has 66 valence electrons. The maximum absolute atomic E-state index is 11.4. The number of rotatable bonds is 1. The van der Waals surface area contributed by atoms with Crippen molar-refractivity contribution >= 4 is 5.91 Å². The molecule has 0 aliphatic carbocycles. The van der Waals surface area contributed by atoms with E-state index in [1.807, 2.05) is 0 Å². The summed E-state index contributed by atoms with van der Waals surface area (Å²) in [6.07, 6.45) is 8.23. The molecule has 0 aliphatic rings. The first-order chi connectivity index (χ1) is 6.15. The normalized spacial score (nSPS) is 9.00. The van der Waals surface area contributed by atoms with Gasteiger partial charge in [-0.05, 0) is 6.07 Å². The number of carbonyl (C=O) groups is 1. The summed E-state index contributed by atoms with van der Waals surface area (Å²) in [6, 6.07) is 1.65. The third kappa shape index (κ3) is 2.06. The van der Waals surface area contributed by atoms with Gasteiger partial charge in [-0.2, -0.15) is 0 Å². The van der Waals surface area contributed by atoms with Gasteiger partial charge in [0, 0.05) is 32.1 Å². The lowest BCUT2D eigenvalue weighted by atomic mass is 10.2. The number of aromatic nitrogens is 1. The van der Waals surface area contributed by atoms with E-state index in [0.717, 1.165) is 0 Å². The molecule has 0 bridgehead atoms. The van der Waals surface area contributed by atoms with E-state index in [4.69, 9.17) is 6.42 Å². The van der Waals surface area contributed by atoms with Crippen molar-refractivity contribution in [3.63, 3.8) is 0 Å². The Morgan fingerprint density at radius 2 is 2.23 bits per heavy atom. The molecular formula is C10H10N2O. The van der Waals surface area contributed by atoms with Gasteiger partial charge in [-0.25, -0.2) is 0 Å². The van der Waals surface area contributed by atoms with Crippen LogP contribution >= 0.6 is 0 Å². The van der Waals surface area contributed by atoms with Crippen LogP contribution in [-0.4, -0.2) is 29.9 Å². The van der Waals surface area contributed by atoms with Crippen LogP contribution in [0.3, 0.4) is 0 Å². The highest BCUT2D eigenvalue weighted by Crippen LogP contribution is 2.03. The van der Waals surface area contributed by atoms with Crippen LogP contribution < -0.4 is 0 Å². The predicted octanol–water partition coefficient (Wildman–Crippen LogP) is 0.765. The summed E-state index contributed by atoms with van der Waals surface area (Å²) >= 11 is 0. The smallest absolute Gasteiger partial charge is 0.254 e. The molecule has 0 N–H and O–H groups in total. The van der Waals surface area contributed by atoms with E-state index >= 15 is 0 Å². The van der Waals surface area contributed by atoms with E-state index in [-0.39, 0.29) is 5.91 Å². The van der Waals surface area contributed by atoms with E-state index < -0.39 is 0 Å². The zero-order valence-corrected chi connectivity index (χ0v) is 7.61. The molecule has 0 fully saturated rings. The summed E-state index contributed by atoms with van der Waals surface area (Å²) in [6.45, 7) is 0. The molecule has 0 saturated heterocycles. The van der Waals surface area contributed by atoms with Crippen LogP contribution in [0.5, 0.6) is 0 Å². The Morgan fingerprint density at radius 1 is 1.54 bits per heavy atom. The minimum Gasteiger partial charge on any atom is -0.345 e. The molecule has 1 aromatic heterocycles. The molecule has 1 amide bonds. The number of terminal acetylenes is 1. The highest BCUT2D eigenvalue weighted by Gasteiger charge is 2.07. The molecule has 1 rings (SSSR count). The Balaban J connectivity index is 3.04. The van der Waals surface area contributed by atoms with Gasteiger partial charge in [0.25, 0.3) is 5.91 Å². The minimum atomic E-state index is -0.0930. The van der Waals surface area contributed by atoms with Crippen LogP contribution in [0.15, 0.2) is 18.5 Å². The highest BCUT2D eigenvalue weighted by atomic mass is 16.2. The second-order valence-corrected chi connectivity index (χ2v) is 2.81. The Hall–Kier alpha value is -1.82. The fourth-order valence-corrected chi connectivity index (χ4v) is 0.894. The number of carbonyl (C=O) groups excluding carboxylic acids is 1. The number of hydrogen-bond acceptors (Lipinski definition) is 2. The molecule has 0 atom stereocenters. The van der Waals surface area contributed by atoms with Crippen LogP contribution in [0.25, 0.3) is 0 Å². The topological polar surface area (TPSA) is 33.2 Å². The summed E-state index contributed by atoms with van der Waals surface area (Å²) < 4.78 is 0. The van der Waals surface area contributed by atoms with Crippen molar-refractivity contribution in [2.24, 2.45) is 0 Å². The van der Waals surface area contributed by atoms with Crippen molar-refractivity contribution < 1.29 is 4.79 Å². The predicted molar refractivity (Wildman–Crippen MR) is 50.2 cm³/mol. The minimum absolute atomic E-state index is 0.0930. The quantitative estimate of drug-likeness (QED) is 0.589. The number of hydrogen-bond donors (Lipinski definition) is 0. The summed E-state index contributed by atoms with van der Waals surface area (Å²) in [5.74, 6) is 2.33. The van der Waals surface area contributed by atoms with Crippen molar-refractivity contribution in [1.29, 1.82) is 0 Å². The van der Waals surface area contributed by atoms with Gasteiger partial charge in [-0.3, -0.25) is 9.78 Å². The van der Waals surface area contributed by atoms with Crippen LogP contribution in [0, 0.1) is 12.3 Å². The van der Waals surface area contributed by atoms with Gasteiger partial charge in [0.2, 0.25) is 0 Å². The third-order valence-corrected chi connectivity index (χ3v) is 1.56. The summed E-state index contributed by atoms with van der Waals surface area (Å²) in [7, 11) is 3.37. The zero-order chi connectivity index (χ0) is 9.84. The average molecular weight is 174 g/mol. The molecule has 3 heteroatoms. The van der Waals surface area contributed by atoms with Crippen LogP contribution in [0.4, 0.5) is 0 Å². The van der Waals surface area contributed by atoms with Crippen molar-refractivity contribution in [3.05, 3.63) is 29.6 Å². The van der Waals surface area contributed by atoms with Crippen molar-refractivity contribution in [3.8, 4) is 12.3 Å².